The smallest absolute Gasteiger partial charge is 0.247 e. The second-order valence-corrected chi connectivity index (χ2v) is 5.83. The molecule has 0 saturated heterocycles. The molecular formula is C10H16N4O2S. The SMILES string of the molecule is Cc1[nH]nc(CN)c1S(=O)(=O)N1CC=CCC1. The number of aromatic amines is 1. The molecule has 0 atom stereocenters. The molecule has 94 valence electrons. The van der Waals surface area contributed by atoms with Crippen LogP contribution in [-0.4, -0.2) is 36.0 Å². The summed E-state index contributed by atoms with van der Waals surface area (Å²) in [6, 6.07) is 0. The van der Waals surface area contributed by atoms with Gasteiger partial charge >= 0.3 is 0 Å². The Kier molecular flexibility index (Phi) is 3.32. The number of nitrogens with zero attached hydrogens (tertiary/aromatic N) is 2. The number of hydrogen-bond acceptors (Lipinski definition) is 4. The number of nitrogens with one attached hydrogen (secondary N) is 1. The molecule has 0 fully saturated rings. The second kappa shape index (κ2) is 4.59. The summed E-state index contributed by atoms with van der Waals surface area (Å²) in [5.74, 6) is 0. The molecule has 0 unspecified atom stereocenters. The van der Waals surface area contributed by atoms with Gasteiger partial charge in [0, 0.05) is 19.6 Å². The Balaban J connectivity index is 2.43. The molecule has 3 N–H and O–H groups in total. The molecule has 0 radical (unpaired) electrons. The molecule has 0 aromatic carbocycles. The van der Waals surface area contributed by atoms with Crippen LogP contribution in [0.25, 0.3) is 0 Å². The summed E-state index contributed by atoms with van der Waals surface area (Å²) in [4.78, 5) is 0.232. The molecule has 1 aromatic heterocycles. The van der Waals surface area contributed by atoms with E-state index in [1.807, 2.05) is 12.2 Å². The van der Waals surface area contributed by atoms with E-state index in [0.717, 1.165) is 6.42 Å². The van der Waals surface area contributed by atoms with Crippen molar-refractivity contribution in [1.29, 1.82) is 0 Å². The summed E-state index contributed by atoms with van der Waals surface area (Å²) >= 11 is 0. The van der Waals surface area contributed by atoms with Gasteiger partial charge < -0.3 is 5.73 Å². The molecule has 2 heterocycles. The summed E-state index contributed by atoms with van der Waals surface area (Å²) in [5.41, 5.74) is 6.45. The first-order chi connectivity index (χ1) is 8.07. The lowest BCUT2D eigenvalue weighted by Crippen LogP contribution is -2.34. The fourth-order valence-corrected chi connectivity index (χ4v) is 3.66. The predicted octanol–water partition coefficient (Wildman–Crippen LogP) is 0.127. The summed E-state index contributed by atoms with van der Waals surface area (Å²) in [7, 11) is -3.48. The van der Waals surface area contributed by atoms with Crippen LogP contribution in [0.2, 0.25) is 0 Å². The summed E-state index contributed by atoms with van der Waals surface area (Å²) in [5, 5.41) is 6.60. The first kappa shape index (κ1) is 12.3. The molecule has 1 aliphatic rings. The zero-order chi connectivity index (χ0) is 12.5. The first-order valence-electron chi connectivity index (χ1n) is 5.46. The normalized spacial score (nSPS) is 17.5. The van der Waals surface area contributed by atoms with Gasteiger partial charge in [0.1, 0.15) is 4.90 Å². The van der Waals surface area contributed by atoms with Gasteiger partial charge in [-0.1, -0.05) is 12.2 Å². The van der Waals surface area contributed by atoms with E-state index in [2.05, 4.69) is 10.2 Å². The van der Waals surface area contributed by atoms with Crippen molar-refractivity contribution in [3.8, 4) is 0 Å². The Morgan fingerprint density at radius 2 is 2.29 bits per heavy atom. The van der Waals surface area contributed by atoms with Crippen LogP contribution in [0.4, 0.5) is 0 Å². The van der Waals surface area contributed by atoms with Crippen molar-refractivity contribution in [3.63, 3.8) is 0 Å². The average Bonchev–Trinajstić information content (AvgIpc) is 2.72. The minimum Gasteiger partial charge on any atom is -0.325 e. The molecule has 7 heteroatoms. The number of nitrogens with two attached hydrogens (primary N) is 1. The van der Waals surface area contributed by atoms with Gasteiger partial charge in [-0.3, -0.25) is 5.10 Å². The van der Waals surface area contributed by atoms with Gasteiger partial charge in [0.25, 0.3) is 0 Å². The van der Waals surface area contributed by atoms with Crippen molar-refractivity contribution >= 4 is 10.0 Å². The highest BCUT2D eigenvalue weighted by Gasteiger charge is 2.30. The number of H-pyrrole nitrogens is 1. The van der Waals surface area contributed by atoms with Gasteiger partial charge in [-0.25, -0.2) is 8.42 Å². The standard InChI is InChI=1S/C10H16N4O2S/c1-8-10(9(7-11)13-12-8)17(15,16)14-5-3-2-4-6-14/h2-3H,4-7,11H2,1H3,(H,12,13). The van der Waals surface area contributed by atoms with Crippen molar-refractivity contribution in [1.82, 2.24) is 14.5 Å². The van der Waals surface area contributed by atoms with Crippen molar-refractivity contribution in [2.45, 2.75) is 24.8 Å². The largest absolute Gasteiger partial charge is 0.325 e. The predicted molar refractivity (Wildman–Crippen MR) is 63.7 cm³/mol. The van der Waals surface area contributed by atoms with Gasteiger partial charge in [0.15, 0.2) is 0 Å². The lowest BCUT2D eigenvalue weighted by Gasteiger charge is -2.22. The van der Waals surface area contributed by atoms with Gasteiger partial charge in [-0.2, -0.15) is 9.40 Å². The molecule has 0 amide bonds. The fourth-order valence-electron chi connectivity index (χ4n) is 1.92. The van der Waals surface area contributed by atoms with Crippen LogP contribution in [0.5, 0.6) is 0 Å². The number of rotatable bonds is 3. The van der Waals surface area contributed by atoms with Crippen molar-refractivity contribution in [2.24, 2.45) is 5.73 Å². The van der Waals surface area contributed by atoms with Crippen LogP contribution >= 0.6 is 0 Å². The lowest BCUT2D eigenvalue weighted by molar-refractivity contribution is 0.436. The Morgan fingerprint density at radius 1 is 1.53 bits per heavy atom. The summed E-state index contributed by atoms with van der Waals surface area (Å²) in [6.45, 7) is 2.73. The second-order valence-electron chi connectivity index (χ2n) is 3.95. The molecule has 0 saturated carbocycles. The molecular weight excluding hydrogens is 240 g/mol. The van der Waals surface area contributed by atoms with Crippen LogP contribution < -0.4 is 5.73 Å². The van der Waals surface area contributed by atoms with Gasteiger partial charge in [0.2, 0.25) is 10.0 Å². The Bertz CT molecular complexity index is 533. The molecule has 2 rings (SSSR count). The van der Waals surface area contributed by atoms with E-state index in [0.29, 0.717) is 24.5 Å². The number of sulfonamides is 1. The average molecular weight is 256 g/mol. The molecule has 0 bridgehead atoms. The highest BCUT2D eigenvalue weighted by atomic mass is 32.2. The van der Waals surface area contributed by atoms with Gasteiger partial charge in [-0.05, 0) is 13.3 Å². The molecule has 1 aliphatic heterocycles. The molecule has 1 aromatic rings. The van der Waals surface area contributed by atoms with E-state index < -0.39 is 10.0 Å². The zero-order valence-corrected chi connectivity index (χ0v) is 10.5. The monoisotopic (exact) mass is 256 g/mol. The van der Waals surface area contributed by atoms with Crippen LogP contribution in [0, 0.1) is 6.92 Å². The fraction of sp³-hybridized carbons (Fsp3) is 0.500. The van der Waals surface area contributed by atoms with E-state index in [1.165, 1.54) is 4.31 Å². The van der Waals surface area contributed by atoms with Crippen molar-refractivity contribution < 1.29 is 8.42 Å². The Labute approximate surface area is 101 Å². The maximum Gasteiger partial charge on any atom is 0.247 e. The van der Waals surface area contributed by atoms with Crippen molar-refractivity contribution in [2.75, 3.05) is 13.1 Å². The van der Waals surface area contributed by atoms with E-state index in [9.17, 15) is 8.42 Å². The van der Waals surface area contributed by atoms with Crippen LogP contribution in [0.1, 0.15) is 17.8 Å². The lowest BCUT2D eigenvalue weighted by atomic mass is 10.3. The first-order valence-corrected chi connectivity index (χ1v) is 6.90. The van der Waals surface area contributed by atoms with E-state index >= 15 is 0 Å². The highest BCUT2D eigenvalue weighted by molar-refractivity contribution is 7.89. The molecule has 17 heavy (non-hydrogen) atoms. The third-order valence-electron chi connectivity index (χ3n) is 2.77. The third-order valence-corrected chi connectivity index (χ3v) is 4.84. The van der Waals surface area contributed by atoms with Gasteiger partial charge in [0.05, 0.1) is 11.4 Å². The molecule has 6 nitrogen and oxygen atoms in total. The maximum absolute atomic E-state index is 12.4. The van der Waals surface area contributed by atoms with Gasteiger partial charge in [-0.15, -0.1) is 0 Å². The highest BCUT2D eigenvalue weighted by Crippen LogP contribution is 2.23. The van der Waals surface area contributed by atoms with Crippen LogP contribution in [-0.2, 0) is 16.6 Å². The number of aromatic nitrogens is 2. The number of hydrogen-bond donors (Lipinski definition) is 2. The molecule has 0 aliphatic carbocycles. The van der Waals surface area contributed by atoms with Crippen molar-refractivity contribution in [3.05, 3.63) is 23.5 Å². The summed E-state index contributed by atoms with van der Waals surface area (Å²) < 4.78 is 26.3. The Morgan fingerprint density at radius 3 is 2.88 bits per heavy atom. The topological polar surface area (TPSA) is 92.1 Å². The minimum absolute atomic E-state index is 0.114. The minimum atomic E-state index is -3.48. The number of aryl methyl sites for hydroxylation is 1. The molecule has 0 spiro atoms. The zero-order valence-electron chi connectivity index (χ0n) is 9.68. The summed E-state index contributed by atoms with van der Waals surface area (Å²) in [6.07, 6.45) is 4.59. The van der Waals surface area contributed by atoms with Crippen LogP contribution in [0.3, 0.4) is 0 Å². The quantitative estimate of drug-likeness (QED) is 0.752. The van der Waals surface area contributed by atoms with Crippen LogP contribution in [0.15, 0.2) is 17.0 Å². The Hall–Kier alpha value is -1.18. The third kappa shape index (κ3) is 2.13. The van der Waals surface area contributed by atoms with E-state index in [-0.39, 0.29) is 11.4 Å². The van der Waals surface area contributed by atoms with E-state index in [4.69, 9.17) is 5.73 Å². The van der Waals surface area contributed by atoms with E-state index in [1.54, 1.807) is 6.92 Å². The maximum atomic E-state index is 12.4.